The third-order valence-electron chi connectivity index (χ3n) is 1.17. The lowest BCUT2D eigenvalue weighted by Gasteiger charge is -2.00. The smallest absolute Gasteiger partial charge is 0.154 e. The molecule has 0 aliphatic rings. The minimum Gasteiger partial charge on any atom is -0.396 e. The summed E-state index contributed by atoms with van der Waals surface area (Å²) in [5.74, 6) is 0. The van der Waals surface area contributed by atoms with Gasteiger partial charge in [-0.2, -0.15) is 0 Å². The van der Waals surface area contributed by atoms with Crippen molar-refractivity contribution in [1.82, 2.24) is 4.98 Å². The van der Waals surface area contributed by atoms with Gasteiger partial charge in [0.1, 0.15) is 5.15 Å². The zero-order valence-electron chi connectivity index (χ0n) is 5.44. The van der Waals surface area contributed by atoms with Crippen LogP contribution in [0.25, 0.3) is 0 Å². The molecule has 1 rings (SSSR count). The van der Waals surface area contributed by atoms with E-state index in [4.69, 9.17) is 34.3 Å². The Kier molecular flexibility index (Phi) is 2.31. The Bertz CT molecular complexity index is 298. The Morgan fingerprint density at radius 3 is 2.73 bits per heavy atom. The molecule has 3 N–H and O–H groups in total. The minimum absolute atomic E-state index is 0.135. The number of nitrogens with zero attached hydrogens (tertiary/aromatic N) is 1. The van der Waals surface area contributed by atoms with Gasteiger partial charge in [0, 0.05) is 11.8 Å². The van der Waals surface area contributed by atoms with Crippen molar-refractivity contribution in [2.45, 2.75) is 0 Å². The van der Waals surface area contributed by atoms with Gasteiger partial charge in [-0.25, -0.2) is 4.98 Å². The van der Waals surface area contributed by atoms with E-state index in [9.17, 15) is 0 Å². The van der Waals surface area contributed by atoms with Crippen LogP contribution < -0.4 is 5.73 Å². The maximum atomic E-state index is 6.93. The first-order valence-corrected chi connectivity index (χ1v) is 3.52. The van der Waals surface area contributed by atoms with Crippen molar-refractivity contribution < 1.29 is 0 Å². The highest BCUT2D eigenvalue weighted by molar-refractivity contribution is 6.34. The molecule has 1 heterocycles. The van der Waals surface area contributed by atoms with Gasteiger partial charge in [-0.3, -0.25) is 0 Å². The molecule has 0 saturated carbocycles. The second kappa shape index (κ2) is 3.07. The lowest BCUT2D eigenvalue weighted by molar-refractivity contribution is 1.32. The van der Waals surface area contributed by atoms with Crippen LogP contribution in [0.1, 0.15) is 5.56 Å². The molecule has 11 heavy (non-hydrogen) atoms. The van der Waals surface area contributed by atoms with Gasteiger partial charge < -0.3 is 11.1 Å². The van der Waals surface area contributed by atoms with Gasteiger partial charge in [-0.05, 0) is 6.07 Å². The highest BCUT2D eigenvalue weighted by Gasteiger charge is 2.03. The minimum atomic E-state index is 0.135. The number of hydrogen-bond donors (Lipinski definition) is 2. The molecule has 0 saturated heterocycles. The van der Waals surface area contributed by atoms with Crippen molar-refractivity contribution in [3.05, 3.63) is 21.9 Å². The fourth-order valence-corrected chi connectivity index (χ4v) is 1.08. The Morgan fingerprint density at radius 1 is 1.55 bits per heavy atom. The molecule has 58 valence electrons. The molecule has 0 bridgehead atoms. The van der Waals surface area contributed by atoms with E-state index in [2.05, 4.69) is 4.98 Å². The summed E-state index contributed by atoms with van der Waals surface area (Å²) in [7, 11) is 0. The van der Waals surface area contributed by atoms with Gasteiger partial charge in [0.15, 0.2) is 5.15 Å². The molecular weight excluding hydrogens is 185 g/mol. The lowest BCUT2D eigenvalue weighted by Crippen LogP contribution is -1.96. The van der Waals surface area contributed by atoms with Crippen molar-refractivity contribution in [2.75, 3.05) is 5.73 Å². The van der Waals surface area contributed by atoms with Crippen molar-refractivity contribution in [3.63, 3.8) is 0 Å². The third-order valence-corrected chi connectivity index (χ3v) is 1.65. The van der Waals surface area contributed by atoms with E-state index in [1.54, 1.807) is 0 Å². The molecule has 0 radical (unpaired) electrons. The number of rotatable bonds is 1. The standard InChI is InChI=1S/C6H5Cl2N3/c7-4-1-3(2-9)5(10)6(8)11-4/h1-2,9H,10H2. The zero-order valence-corrected chi connectivity index (χ0v) is 6.95. The maximum Gasteiger partial charge on any atom is 0.154 e. The molecule has 0 fully saturated rings. The van der Waals surface area contributed by atoms with E-state index < -0.39 is 0 Å². The number of nitrogens with one attached hydrogen (secondary N) is 1. The quantitative estimate of drug-likeness (QED) is 0.525. The SMILES string of the molecule is N=Cc1cc(Cl)nc(Cl)c1N. The average molecular weight is 190 g/mol. The molecule has 1 aromatic heterocycles. The van der Waals surface area contributed by atoms with E-state index in [0.29, 0.717) is 5.56 Å². The average Bonchev–Trinajstić information content (AvgIpc) is 1.96. The lowest BCUT2D eigenvalue weighted by atomic mass is 10.2. The molecule has 0 aromatic carbocycles. The van der Waals surface area contributed by atoms with E-state index in [0.717, 1.165) is 6.21 Å². The molecule has 1 aromatic rings. The van der Waals surface area contributed by atoms with Gasteiger partial charge in [-0.1, -0.05) is 23.2 Å². The largest absolute Gasteiger partial charge is 0.396 e. The van der Waals surface area contributed by atoms with Gasteiger partial charge in [0.2, 0.25) is 0 Å². The normalized spacial score (nSPS) is 9.64. The van der Waals surface area contributed by atoms with Crippen molar-refractivity contribution in [1.29, 1.82) is 5.41 Å². The van der Waals surface area contributed by atoms with Crippen LogP contribution in [-0.4, -0.2) is 11.2 Å². The summed E-state index contributed by atoms with van der Waals surface area (Å²) >= 11 is 11.1. The van der Waals surface area contributed by atoms with Crippen LogP contribution in [-0.2, 0) is 0 Å². The van der Waals surface area contributed by atoms with Crippen LogP contribution in [0.4, 0.5) is 5.69 Å². The summed E-state index contributed by atoms with van der Waals surface area (Å²) in [5.41, 5.74) is 6.22. The number of pyridine rings is 1. The first kappa shape index (κ1) is 8.30. The highest BCUT2D eigenvalue weighted by Crippen LogP contribution is 2.22. The summed E-state index contributed by atoms with van der Waals surface area (Å²) in [6, 6.07) is 1.48. The Morgan fingerprint density at radius 2 is 2.18 bits per heavy atom. The van der Waals surface area contributed by atoms with E-state index in [-0.39, 0.29) is 16.0 Å². The molecule has 0 unspecified atom stereocenters. The van der Waals surface area contributed by atoms with Crippen LogP contribution in [0.15, 0.2) is 6.07 Å². The molecule has 0 amide bonds. The molecule has 5 heteroatoms. The van der Waals surface area contributed by atoms with E-state index in [1.807, 2.05) is 0 Å². The molecule has 0 aliphatic carbocycles. The fraction of sp³-hybridized carbons (Fsp3) is 0. The molecule has 0 aliphatic heterocycles. The maximum absolute atomic E-state index is 6.93. The fourth-order valence-electron chi connectivity index (χ4n) is 0.631. The zero-order chi connectivity index (χ0) is 8.43. The van der Waals surface area contributed by atoms with Crippen molar-refractivity contribution in [2.24, 2.45) is 0 Å². The van der Waals surface area contributed by atoms with Crippen molar-refractivity contribution in [3.8, 4) is 0 Å². The Hall–Kier alpha value is -0.800. The number of hydrogen-bond acceptors (Lipinski definition) is 3. The van der Waals surface area contributed by atoms with Crippen molar-refractivity contribution >= 4 is 35.1 Å². The number of nitrogens with two attached hydrogens (primary N) is 1. The Labute approximate surface area is 73.6 Å². The molecule has 3 nitrogen and oxygen atoms in total. The first-order chi connectivity index (χ1) is 5.15. The summed E-state index contributed by atoms with van der Waals surface area (Å²) in [6.07, 6.45) is 1.08. The van der Waals surface area contributed by atoms with Gasteiger partial charge in [0.05, 0.1) is 5.69 Å². The highest BCUT2D eigenvalue weighted by atomic mass is 35.5. The van der Waals surface area contributed by atoms with Crippen LogP contribution in [0.3, 0.4) is 0 Å². The summed E-state index contributed by atoms with van der Waals surface area (Å²) in [6.45, 7) is 0. The van der Waals surface area contributed by atoms with Crippen LogP contribution in [0, 0.1) is 5.41 Å². The number of nitrogen functional groups attached to an aromatic ring is 1. The number of anilines is 1. The van der Waals surface area contributed by atoms with E-state index >= 15 is 0 Å². The number of aromatic nitrogens is 1. The second-order valence-electron chi connectivity index (χ2n) is 1.88. The second-order valence-corrected chi connectivity index (χ2v) is 2.63. The molecule has 0 atom stereocenters. The van der Waals surface area contributed by atoms with Gasteiger partial charge in [-0.15, -0.1) is 0 Å². The van der Waals surface area contributed by atoms with Crippen LogP contribution in [0.2, 0.25) is 10.3 Å². The molecule has 0 spiro atoms. The van der Waals surface area contributed by atoms with Gasteiger partial charge in [0.25, 0.3) is 0 Å². The predicted molar refractivity (Wildman–Crippen MR) is 46.6 cm³/mol. The Balaban J connectivity index is 3.35. The summed E-state index contributed by atoms with van der Waals surface area (Å²) < 4.78 is 0. The van der Waals surface area contributed by atoms with Crippen LogP contribution >= 0.6 is 23.2 Å². The summed E-state index contributed by atoms with van der Waals surface area (Å²) in [4.78, 5) is 3.68. The van der Waals surface area contributed by atoms with Crippen LogP contribution in [0.5, 0.6) is 0 Å². The first-order valence-electron chi connectivity index (χ1n) is 2.77. The molecular formula is C6H5Cl2N3. The van der Waals surface area contributed by atoms with E-state index in [1.165, 1.54) is 6.07 Å². The summed E-state index contributed by atoms with van der Waals surface area (Å²) in [5, 5.41) is 7.30. The number of halogens is 2. The monoisotopic (exact) mass is 189 g/mol. The third kappa shape index (κ3) is 1.61. The van der Waals surface area contributed by atoms with Gasteiger partial charge >= 0.3 is 0 Å². The predicted octanol–water partition coefficient (Wildman–Crippen LogP) is 1.97. The topological polar surface area (TPSA) is 62.8 Å².